The topological polar surface area (TPSA) is 29.5 Å². The predicted octanol–water partition coefficient (Wildman–Crippen LogP) is 2.82. The first-order chi connectivity index (χ1) is 9.29. The Kier molecular flexibility index (Phi) is 2.11. The van der Waals surface area contributed by atoms with Gasteiger partial charge in [0.05, 0.1) is 12.4 Å². The molecule has 0 heterocycles. The van der Waals surface area contributed by atoms with Crippen LogP contribution >= 0.6 is 0 Å². The maximum atomic E-state index is 10.3. The van der Waals surface area contributed by atoms with Crippen molar-refractivity contribution in [3.63, 3.8) is 0 Å². The molecule has 0 amide bonds. The molecule has 0 aromatic rings. The third kappa shape index (κ3) is 1.19. The minimum Gasteiger partial charge on any atom is -0.498 e. The van der Waals surface area contributed by atoms with Gasteiger partial charge in [-0.25, -0.2) is 0 Å². The highest BCUT2D eigenvalue weighted by atomic mass is 16.5. The molecular weight excluding hydrogens is 236 g/mol. The second-order valence-electron chi connectivity index (χ2n) is 7.84. The Morgan fingerprint density at radius 2 is 1.79 bits per heavy atom. The molecule has 5 rings (SSSR count). The second-order valence-corrected chi connectivity index (χ2v) is 7.84. The summed E-state index contributed by atoms with van der Waals surface area (Å²) in [4.78, 5) is 0. The van der Waals surface area contributed by atoms with Crippen molar-refractivity contribution in [1.82, 2.24) is 0 Å². The van der Waals surface area contributed by atoms with Crippen LogP contribution in [0.5, 0.6) is 0 Å². The number of hydrogen-bond acceptors (Lipinski definition) is 2. The number of aliphatic hydroxyl groups excluding tert-OH is 1. The van der Waals surface area contributed by atoms with Crippen LogP contribution in [0.2, 0.25) is 0 Å². The summed E-state index contributed by atoms with van der Waals surface area (Å²) in [5.41, 5.74) is 0. The van der Waals surface area contributed by atoms with Crippen LogP contribution in [0.25, 0.3) is 0 Å². The number of aliphatic hydroxyl groups is 1. The van der Waals surface area contributed by atoms with E-state index >= 15 is 0 Å². The number of fused-ring (bicyclic) bond motifs is 12. The molecule has 5 aliphatic carbocycles. The molecule has 5 fully saturated rings. The van der Waals surface area contributed by atoms with Gasteiger partial charge >= 0.3 is 0 Å². The first-order valence-corrected chi connectivity index (χ1v) is 8.24. The van der Waals surface area contributed by atoms with Crippen molar-refractivity contribution < 1.29 is 9.84 Å². The summed E-state index contributed by atoms with van der Waals surface area (Å²) < 4.78 is 5.80. The standard InChI is InChI=1S/C17H24O2/c1-2-19-14-6-8-5-11(14)17-10-7-12(15(8)17)16-9(10)3-4-13(16)18/h2,8-18H,1,3-7H2. The molecular formula is C17H24O2. The molecule has 2 heteroatoms. The quantitative estimate of drug-likeness (QED) is 0.611. The van der Waals surface area contributed by atoms with Crippen molar-refractivity contribution in [1.29, 1.82) is 0 Å². The average Bonchev–Trinajstić information content (AvgIpc) is 3.11. The van der Waals surface area contributed by atoms with Crippen LogP contribution in [0.4, 0.5) is 0 Å². The van der Waals surface area contributed by atoms with E-state index in [4.69, 9.17) is 4.74 Å². The van der Waals surface area contributed by atoms with Gasteiger partial charge in [0.1, 0.15) is 6.10 Å². The molecule has 0 aromatic carbocycles. The van der Waals surface area contributed by atoms with Gasteiger partial charge in [-0.15, -0.1) is 0 Å². The fourth-order valence-electron chi connectivity index (χ4n) is 7.55. The Morgan fingerprint density at radius 3 is 2.63 bits per heavy atom. The van der Waals surface area contributed by atoms with Gasteiger partial charge in [-0.3, -0.25) is 0 Å². The van der Waals surface area contributed by atoms with Gasteiger partial charge in [-0.1, -0.05) is 6.58 Å². The van der Waals surface area contributed by atoms with E-state index in [-0.39, 0.29) is 6.10 Å². The molecule has 0 aliphatic heterocycles. The Bertz CT molecular complexity index is 419. The highest BCUT2D eigenvalue weighted by Gasteiger charge is 2.69. The second kappa shape index (κ2) is 3.58. The first-order valence-electron chi connectivity index (χ1n) is 8.24. The van der Waals surface area contributed by atoms with Crippen molar-refractivity contribution in [2.45, 2.75) is 44.3 Å². The summed E-state index contributed by atoms with van der Waals surface area (Å²) in [6, 6.07) is 0. The highest BCUT2D eigenvalue weighted by Crippen LogP contribution is 2.72. The van der Waals surface area contributed by atoms with Crippen LogP contribution in [0.15, 0.2) is 12.8 Å². The van der Waals surface area contributed by atoms with Crippen LogP contribution in [0.1, 0.15) is 32.1 Å². The summed E-state index contributed by atoms with van der Waals surface area (Å²) in [7, 11) is 0. The first kappa shape index (κ1) is 11.2. The Labute approximate surface area is 115 Å². The molecule has 0 aromatic heterocycles. The Balaban J connectivity index is 1.47. The van der Waals surface area contributed by atoms with E-state index in [1.54, 1.807) is 6.26 Å². The fourth-order valence-corrected chi connectivity index (χ4v) is 7.55. The minimum absolute atomic E-state index is 0.0281. The number of hydrogen-bond donors (Lipinski definition) is 1. The normalized spacial score (nSPS) is 64.3. The van der Waals surface area contributed by atoms with Crippen LogP contribution in [0.3, 0.4) is 0 Å². The Morgan fingerprint density at radius 1 is 0.895 bits per heavy atom. The number of rotatable bonds is 2. The van der Waals surface area contributed by atoms with Gasteiger partial charge in [0.2, 0.25) is 0 Å². The lowest BCUT2D eigenvalue weighted by molar-refractivity contribution is -0.0253. The summed E-state index contributed by atoms with van der Waals surface area (Å²) in [5.74, 6) is 6.87. The smallest absolute Gasteiger partial charge is 0.101 e. The maximum Gasteiger partial charge on any atom is 0.101 e. The SMILES string of the molecule is C=COC1CC2CC1C1C3CC(C4C(O)CCC34)C21. The molecule has 4 bridgehead atoms. The minimum atomic E-state index is 0.0281. The third-order valence-electron chi connectivity index (χ3n) is 7.65. The van der Waals surface area contributed by atoms with Crippen molar-refractivity contribution in [2.75, 3.05) is 0 Å². The van der Waals surface area contributed by atoms with Gasteiger partial charge < -0.3 is 9.84 Å². The van der Waals surface area contributed by atoms with Crippen molar-refractivity contribution in [3.05, 3.63) is 12.8 Å². The van der Waals surface area contributed by atoms with Crippen molar-refractivity contribution >= 4 is 0 Å². The van der Waals surface area contributed by atoms with E-state index in [1.807, 2.05) is 0 Å². The predicted molar refractivity (Wildman–Crippen MR) is 72.1 cm³/mol. The monoisotopic (exact) mass is 260 g/mol. The summed E-state index contributed by atoms with van der Waals surface area (Å²) >= 11 is 0. The Hall–Kier alpha value is -0.500. The van der Waals surface area contributed by atoms with Crippen molar-refractivity contribution in [3.8, 4) is 0 Å². The molecule has 2 nitrogen and oxygen atoms in total. The largest absolute Gasteiger partial charge is 0.498 e. The third-order valence-corrected chi connectivity index (χ3v) is 7.65. The lowest BCUT2D eigenvalue weighted by Crippen LogP contribution is -2.42. The van der Waals surface area contributed by atoms with Gasteiger partial charge in [0, 0.05) is 0 Å². The van der Waals surface area contributed by atoms with Crippen LogP contribution < -0.4 is 0 Å². The molecule has 10 unspecified atom stereocenters. The van der Waals surface area contributed by atoms with E-state index < -0.39 is 0 Å². The van der Waals surface area contributed by atoms with Crippen LogP contribution in [0, 0.1) is 47.3 Å². The summed E-state index contributed by atoms with van der Waals surface area (Å²) in [5, 5.41) is 10.3. The van der Waals surface area contributed by atoms with Gasteiger partial charge in [-0.2, -0.15) is 0 Å². The van der Waals surface area contributed by atoms with E-state index in [9.17, 15) is 5.11 Å². The molecule has 0 spiro atoms. The average molecular weight is 260 g/mol. The molecule has 5 aliphatic rings. The van der Waals surface area contributed by atoms with Gasteiger partial charge in [0.15, 0.2) is 0 Å². The van der Waals surface area contributed by atoms with E-state index in [2.05, 4.69) is 6.58 Å². The van der Waals surface area contributed by atoms with Gasteiger partial charge in [0.25, 0.3) is 0 Å². The molecule has 0 saturated heterocycles. The zero-order valence-corrected chi connectivity index (χ0v) is 11.4. The van der Waals surface area contributed by atoms with Crippen LogP contribution in [-0.2, 0) is 4.74 Å². The molecule has 10 atom stereocenters. The lowest BCUT2D eigenvalue weighted by Gasteiger charge is -2.43. The lowest BCUT2D eigenvalue weighted by atomic mass is 9.63. The van der Waals surface area contributed by atoms with Gasteiger partial charge in [-0.05, 0) is 79.4 Å². The van der Waals surface area contributed by atoms with E-state index in [1.165, 1.54) is 25.7 Å². The molecule has 1 N–H and O–H groups in total. The zero-order chi connectivity index (χ0) is 12.7. The van der Waals surface area contributed by atoms with Crippen LogP contribution in [-0.4, -0.2) is 17.3 Å². The molecule has 5 saturated carbocycles. The maximum absolute atomic E-state index is 10.3. The molecule has 19 heavy (non-hydrogen) atoms. The number of ether oxygens (including phenoxy) is 1. The molecule has 104 valence electrons. The van der Waals surface area contributed by atoms with Crippen molar-refractivity contribution in [2.24, 2.45) is 47.3 Å². The summed E-state index contributed by atoms with van der Waals surface area (Å²) in [6.07, 6.45) is 8.61. The highest BCUT2D eigenvalue weighted by molar-refractivity contribution is 5.17. The fraction of sp³-hybridized carbons (Fsp3) is 0.882. The summed E-state index contributed by atoms with van der Waals surface area (Å²) in [6.45, 7) is 3.75. The molecule has 0 radical (unpaired) electrons. The zero-order valence-electron chi connectivity index (χ0n) is 11.4. The van der Waals surface area contributed by atoms with E-state index in [0.29, 0.717) is 12.0 Å². The van der Waals surface area contributed by atoms with E-state index in [0.717, 1.165) is 47.8 Å².